The number of amides is 1. The molecule has 4 aliphatic carbocycles. The summed E-state index contributed by atoms with van der Waals surface area (Å²) < 4.78 is 15.7. The number of aromatic nitrogens is 3. The molecule has 4 fully saturated rings. The summed E-state index contributed by atoms with van der Waals surface area (Å²) in [5, 5.41) is 18.9. The van der Waals surface area contributed by atoms with Crippen molar-refractivity contribution in [3.05, 3.63) is 23.8 Å². The maximum absolute atomic E-state index is 13.5. The predicted octanol–water partition coefficient (Wildman–Crippen LogP) is 7.55. The number of rotatable bonds is 11. The van der Waals surface area contributed by atoms with Crippen LogP contribution in [0.2, 0.25) is 0 Å². The van der Waals surface area contributed by atoms with Gasteiger partial charge in [0.25, 0.3) is 5.91 Å². The lowest BCUT2D eigenvalue weighted by atomic mass is 9.34. The first-order valence-corrected chi connectivity index (χ1v) is 20.7. The molecule has 1 aromatic rings. The first-order valence-electron chi connectivity index (χ1n) is 20.7. The fourth-order valence-electron chi connectivity index (χ4n) is 12.5. The van der Waals surface area contributed by atoms with E-state index in [-0.39, 0.29) is 57.4 Å². The molecule has 1 unspecified atom stereocenters. The molecule has 53 heavy (non-hydrogen) atoms. The molecule has 0 spiro atoms. The zero-order valence-corrected chi connectivity index (χ0v) is 34.9. The van der Waals surface area contributed by atoms with Gasteiger partial charge in [0.05, 0.1) is 37.9 Å². The third kappa shape index (κ3) is 6.14. The fraction of sp³-hybridized carbons (Fsp3) is 0.860. The van der Waals surface area contributed by atoms with Crippen molar-refractivity contribution in [3.63, 3.8) is 0 Å². The molecule has 10 nitrogen and oxygen atoms in total. The lowest BCUT2D eigenvalue weighted by molar-refractivity contribution is -0.252. The molecule has 0 aromatic carbocycles. The van der Waals surface area contributed by atoms with Gasteiger partial charge in [-0.15, -0.1) is 5.10 Å². The van der Waals surface area contributed by atoms with E-state index in [4.69, 9.17) is 20.3 Å². The standard InChI is InChI=1S/C43H71N5O5/c1-25(2)20-45-36(49)35-46-24-48(47-35)31-19-43-23-52-21-39(9,34(31)53-22-42(12,44)27(5)6)32(43)14-13-29-30(43)15-16-41(11)33(37(50)51)38(8,28(7)26(3)4)17-18-40(29,41)10/h15,24-29,31-34H,13-14,16-23,44H2,1-12H3,(H,45,49)(H,50,51)/t28-,29+,31-,32+,33-,34+,38-,39+,40-,41+,42+,43?/m1/s1. The van der Waals surface area contributed by atoms with Gasteiger partial charge in [-0.25, -0.2) is 9.67 Å². The largest absolute Gasteiger partial charge is 0.481 e. The second-order valence-electron chi connectivity index (χ2n) is 20.7. The smallest absolute Gasteiger partial charge is 0.307 e. The van der Waals surface area contributed by atoms with Crippen molar-refractivity contribution in [2.45, 2.75) is 139 Å². The summed E-state index contributed by atoms with van der Waals surface area (Å²) in [5.41, 5.74) is 6.29. The normalized spacial score (nSPS) is 41.2. The number of nitrogens with one attached hydrogen (secondary N) is 1. The van der Waals surface area contributed by atoms with Gasteiger partial charge in [0, 0.05) is 22.9 Å². The van der Waals surface area contributed by atoms with E-state index in [0.29, 0.717) is 50.0 Å². The topological polar surface area (TPSA) is 142 Å². The Morgan fingerprint density at radius 1 is 1.08 bits per heavy atom. The van der Waals surface area contributed by atoms with Crippen molar-refractivity contribution in [2.24, 2.45) is 74.2 Å². The van der Waals surface area contributed by atoms with Crippen molar-refractivity contribution in [1.82, 2.24) is 20.1 Å². The minimum Gasteiger partial charge on any atom is -0.481 e. The Hall–Kier alpha value is -2.30. The number of fused-ring (bicyclic) bond motifs is 3. The van der Waals surface area contributed by atoms with Crippen LogP contribution in [0, 0.1) is 68.5 Å². The Kier molecular flexibility index (Phi) is 10.4. The van der Waals surface area contributed by atoms with Gasteiger partial charge in [-0.1, -0.05) is 87.8 Å². The molecule has 3 saturated carbocycles. The molecule has 6 rings (SSSR count). The summed E-state index contributed by atoms with van der Waals surface area (Å²) in [6, 6.07) is -0.198. The molecule has 2 bridgehead atoms. The average molecular weight is 738 g/mol. The number of nitrogens with zero attached hydrogens (tertiary/aromatic N) is 3. The Morgan fingerprint density at radius 2 is 1.77 bits per heavy atom. The highest BCUT2D eigenvalue weighted by Crippen LogP contribution is 2.75. The van der Waals surface area contributed by atoms with Gasteiger partial charge in [-0.2, -0.15) is 0 Å². The number of hydrogen-bond acceptors (Lipinski definition) is 7. The molecule has 0 radical (unpaired) electrons. The van der Waals surface area contributed by atoms with Gasteiger partial charge in [0.15, 0.2) is 0 Å². The lowest BCUT2D eigenvalue weighted by Crippen LogP contribution is -2.69. The van der Waals surface area contributed by atoms with E-state index in [9.17, 15) is 14.7 Å². The number of carboxylic acid groups (broad SMARTS) is 1. The van der Waals surface area contributed by atoms with E-state index in [2.05, 4.69) is 99.5 Å². The highest BCUT2D eigenvalue weighted by molar-refractivity contribution is 5.90. The number of nitrogens with two attached hydrogens (primary N) is 1. The number of carboxylic acids is 1. The maximum atomic E-state index is 13.5. The van der Waals surface area contributed by atoms with Crippen LogP contribution in [0.4, 0.5) is 0 Å². The number of allylic oxidation sites excluding steroid dienone is 1. The zero-order chi connectivity index (χ0) is 39.1. The number of carbonyl (C=O) groups excluding carboxylic acids is 1. The molecule has 10 heteroatoms. The van der Waals surface area contributed by atoms with Crippen LogP contribution in [0.1, 0.15) is 138 Å². The van der Waals surface area contributed by atoms with Crippen molar-refractivity contribution in [1.29, 1.82) is 0 Å². The second kappa shape index (κ2) is 13.7. The Bertz CT molecular complexity index is 1590. The molecule has 12 atom stereocenters. The summed E-state index contributed by atoms with van der Waals surface area (Å²) >= 11 is 0. The second-order valence-corrected chi connectivity index (χ2v) is 20.7. The van der Waals surface area contributed by atoms with Crippen molar-refractivity contribution >= 4 is 11.9 Å². The third-order valence-corrected chi connectivity index (χ3v) is 16.7. The summed E-state index contributed by atoms with van der Waals surface area (Å²) in [6.07, 6.45) is 9.41. The van der Waals surface area contributed by atoms with Crippen molar-refractivity contribution in [2.75, 3.05) is 26.4 Å². The van der Waals surface area contributed by atoms with E-state index in [0.717, 1.165) is 38.5 Å². The monoisotopic (exact) mass is 738 g/mol. The van der Waals surface area contributed by atoms with E-state index < -0.39 is 22.8 Å². The van der Waals surface area contributed by atoms with E-state index in [1.807, 2.05) is 4.68 Å². The van der Waals surface area contributed by atoms with Crippen LogP contribution in [-0.4, -0.2) is 69.8 Å². The number of aliphatic carboxylic acids is 1. The molecular weight excluding hydrogens is 667 g/mol. The minimum atomic E-state index is -0.642. The van der Waals surface area contributed by atoms with Crippen LogP contribution < -0.4 is 11.1 Å². The van der Waals surface area contributed by atoms with Crippen LogP contribution in [-0.2, 0) is 14.3 Å². The van der Waals surface area contributed by atoms with Crippen molar-refractivity contribution < 1.29 is 24.2 Å². The predicted molar refractivity (Wildman–Crippen MR) is 207 cm³/mol. The summed E-state index contributed by atoms with van der Waals surface area (Å²) in [5.74, 6) is 0.610. The van der Waals surface area contributed by atoms with E-state index >= 15 is 0 Å². The van der Waals surface area contributed by atoms with Crippen LogP contribution in [0.5, 0.6) is 0 Å². The van der Waals surface area contributed by atoms with Crippen LogP contribution >= 0.6 is 0 Å². The van der Waals surface area contributed by atoms with Crippen molar-refractivity contribution in [3.8, 4) is 0 Å². The highest BCUT2D eigenvalue weighted by atomic mass is 16.5. The van der Waals surface area contributed by atoms with Gasteiger partial charge >= 0.3 is 5.97 Å². The first kappa shape index (κ1) is 40.4. The molecule has 2 heterocycles. The van der Waals surface area contributed by atoms with E-state index in [1.165, 1.54) is 5.57 Å². The van der Waals surface area contributed by atoms with E-state index in [1.54, 1.807) is 6.33 Å². The average Bonchev–Trinajstić information content (AvgIpc) is 3.56. The fourth-order valence-corrected chi connectivity index (χ4v) is 12.5. The summed E-state index contributed by atoms with van der Waals surface area (Å²) in [4.78, 5) is 31.2. The molecule has 5 aliphatic rings. The van der Waals surface area contributed by atoms with Crippen LogP contribution in [0.25, 0.3) is 0 Å². The quantitative estimate of drug-likeness (QED) is 0.198. The van der Waals surface area contributed by atoms with Gasteiger partial charge in [-0.05, 0) is 97.2 Å². The molecule has 1 aliphatic heterocycles. The van der Waals surface area contributed by atoms with Crippen LogP contribution in [0.3, 0.4) is 0 Å². The first-order chi connectivity index (χ1) is 24.6. The number of carbonyl (C=O) groups is 2. The Morgan fingerprint density at radius 3 is 2.40 bits per heavy atom. The van der Waals surface area contributed by atoms with Crippen LogP contribution in [0.15, 0.2) is 18.0 Å². The number of hydrogen-bond donors (Lipinski definition) is 3. The molecule has 298 valence electrons. The Balaban J connectivity index is 1.44. The van der Waals surface area contributed by atoms with Gasteiger partial charge in [0.2, 0.25) is 5.82 Å². The van der Waals surface area contributed by atoms with Gasteiger partial charge < -0.3 is 25.6 Å². The summed E-state index contributed by atoms with van der Waals surface area (Å²) in [6.45, 7) is 28.7. The SMILES string of the molecule is CC(C)CNC(=O)c1ncn([C@@H]2CC34COC[C@@](C)([C@@H]3CC[C@H]3C4=CC[C@@]4(C)[C@H](C(=O)O)[C@@](C)([C@H](C)C(C)C)CC[C@]34C)[C@H]2OC[C@](C)(N)C(C)C)n1. The lowest BCUT2D eigenvalue weighted by Gasteiger charge is -2.71. The molecule has 1 amide bonds. The molecule has 1 aromatic heterocycles. The highest BCUT2D eigenvalue weighted by Gasteiger charge is 2.72. The molecule has 1 saturated heterocycles. The van der Waals surface area contributed by atoms with Gasteiger partial charge in [-0.3, -0.25) is 9.59 Å². The summed E-state index contributed by atoms with van der Waals surface area (Å²) in [7, 11) is 0. The Labute approximate surface area is 319 Å². The maximum Gasteiger partial charge on any atom is 0.307 e. The molecule has 4 N–H and O–H groups in total. The minimum absolute atomic E-state index is 0.170. The number of ether oxygens (including phenoxy) is 2. The molecular formula is C43H71N5O5. The zero-order valence-electron chi connectivity index (χ0n) is 34.9. The van der Waals surface area contributed by atoms with Gasteiger partial charge in [0.1, 0.15) is 6.33 Å². The third-order valence-electron chi connectivity index (χ3n) is 16.7.